The van der Waals surface area contributed by atoms with Crippen LogP contribution in [0.2, 0.25) is 0 Å². The van der Waals surface area contributed by atoms with Gasteiger partial charge in [-0.2, -0.15) is 0 Å². The lowest BCUT2D eigenvalue weighted by atomic mass is 9.99. The Balaban J connectivity index is 1.61. The standard InChI is InChI=1S/C22H25F2N3O3S/c1-31(29,30)25-16-6-4-12-26(13-11-16)22(28)27-14-10-15-5-2-7-17(21(15)27)20-18(23)8-3-9-19(20)24/h2-3,5,7-9,16,25H,4,6,10-14H2,1H3/t16-/m0/s1. The van der Waals surface area contributed by atoms with Gasteiger partial charge < -0.3 is 4.90 Å². The highest BCUT2D eigenvalue weighted by atomic mass is 32.2. The second-order valence-corrected chi connectivity index (χ2v) is 9.88. The molecule has 1 atom stereocenters. The summed E-state index contributed by atoms with van der Waals surface area (Å²) in [5, 5.41) is 0. The number of halogens is 2. The first kappa shape index (κ1) is 21.7. The minimum Gasteiger partial charge on any atom is -0.324 e. The molecule has 6 nitrogen and oxygen atoms in total. The van der Waals surface area contributed by atoms with E-state index in [1.54, 1.807) is 21.9 Å². The summed E-state index contributed by atoms with van der Waals surface area (Å²) >= 11 is 0. The minimum atomic E-state index is -3.31. The van der Waals surface area contributed by atoms with E-state index in [9.17, 15) is 22.0 Å². The van der Waals surface area contributed by atoms with E-state index in [1.807, 2.05) is 6.07 Å². The molecule has 2 aliphatic rings. The molecule has 31 heavy (non-hydrogen) atoms. The van der Waals surface area contributed by atoms with Gasteiger partial charge in [-0.15, -0.1) is 0 Å². The molecule has 1 saturated heterocycles. The Morgan fingerprint density at radius 2 is 1.74 bits per heavy atom. The fourth-order valence-corrected chi connectivity index (χ4v) is 5.32. The third-order valence-electron chi connectivity index (χ3n) is 5.84. The number of benzene rings is 2. The first-order valence-electron chi connectivity index (χ1n) is 10.3. The number of rotatable bonds is 3. The maximum Gasteiger partial charge on any atom is 0.324 e. The highest BCUT2D eigenvalue weighted by Crippen LogP contribution is 2.40. The lowest BCUT2D eigenvalue weighted by molar-refractivity contribution is 0.207. The summed E-state index contributed by atoms with van der Waals surface area (Å²) in [5.74, 6) is -1.34. The predicted octanol–water partition coefficient (Wildman–Crippen LogP) is 3.52. The molecular formula is C22H25F2N3O3S. The maximum atomic E-state index is 14.5. The molecule has 166 valence electrons. The van der Waals surface area contributed by atoms with Crippen LogP contribution in [-0.2, 0) is 16.4 Å². The predicted molar refractivity (Wildman–Crippen MR) is 115 cm³/mol. The number of amides is 2. The molecule has 0 spiro atoms. The molecular weight excluding hydrogens is 424 g/mol. The average molecular weight is 450 g/mol. The third kappa shape index (κ3) is 4.57. The molecule has 0 radical (unpaired) electrons. The molecule has 0 unspecified atom stereocenters. The van der Waals surface area contributed by atoms with Gasteiger partial charge in [0.1, 0.15) is 11.6 Å². The number of likely N-dealkylation sites (tertiary alicyclic amines) is 1. The molecule has 2 heterocycles. The van der Waals surface area contributed by atoms with Gasteiger partial charge in [0.25, 0.3) is 0 Å². The van der Waals surface area contributed by atoms with Crippen LogP contribution < -0.4 is 9.62 Å². The Kier molecular flexibility index (Phi) is 5.98. The van der Waals surface area contributed by atoms with Gasteiger partial charge in [-0.25, -0.2) is 26.7 Å². The average Bonchev–Trinajstić information content (AvgIpc) is 3.00. The molecule has 9 heteroatoms. The van der Waals surface area contributed by atoms with Crippen molar-refractivity contribution < 1.29 is 22.0 Å². The van der Waals surface area contributed by atoms with Crippen molar-refractivity contribution in [3.8, 4) is 11.1 Å². The smallest absolute Gasteiger partial charge is 0.324 e. The Morgan fingerprint density at radius 3 is 2.45 bits per heavy atom. The number of nitrogens with one attached hydrogen (secondary N) is 1. The normalized spacial score (nSPS) is 19.3. The first-order valence-corrected chi connectivity index (χ1v) is 12.2. The number of hydrogen-bond donors (Lipinski definition) is 1. The molecule has 1 N–H and O–H groups in total. The number of fused-ring (bicyclic) bond motifs is 1. The summed E-state index contributed by atoms with van der Waals surface area (Å²) in [5.41, 5.74) is 1.66. The zero-order valence-electron chi connectivity index (χ0n) is 17.3. The molecule has 0 saturated carbocycles. The molecule has 0 aliphatic carbocycles. The van der Waals surface area contributed by atoms with E-state index < -0.39 is 21.7 Å². The highest BCUT2D eigenvalue weighted by molar-refractivity contribution is 7.88. The number of sulfonamides is 1. The first-order chi connectivity index (χ1) is 14.7. The van der Waals surface area contributed by atoms with Crippen molar-refractivity contribution in [2.75, 3.05) is 30.8 Å². The fourth-order valence-electron chi connectivity index (χ4n) is 4.48. The van der Waals surface area contributed by atoms with E-state index in [2.05, 4.69) is 4.72 Å². The van der Waals surface area contributed by atoms with Crippen molar-refractivity contribution in [2.24, 2.45) is 0 Å². The Morgan fingerprint density at radius 1 is 1.03 bits per heavy atom. The number of urea groups is 1. The summed E-state index contributed by atoms with van der Waals surface area (Å²) in [6.45, 7) is 1.35. The summed E-state index contributed by atoms with van der Waals surface area (Å²) < 4.78 is 54.7. The molecule has 4 rings (SSSR count). The quantitative estimate of drug-likeness (QED) is 0.780. The van der Waals surface area contributed by atoms with Crippen LogP contribution >= 0.6 is 0 Å². The molecule has 2 aromatic rings. The minimum absolute atomic E-state index is 0.132. The van der Waals surface area contributed by atoms with Crippen LogP contribution in [0.4, 0.5) is 19.3 Å². The Hall–Kier alpha value is -2.52. The monoisotopic (exact) mass is 449 g/mol. The van der Waals surface area contributed by atoms with Crippen molar-refractivity contribution in [1.82, 2.24) is 9.62 Å². The molecule has 0 bridgehead atoms. The van der Waals surface area contributed by atoms with Crippen LogP contribution in [0.5, 0.6) is 0 Å². The van der Waals surface area contributed by atoms with Crippen LogP contribution in [0.3, 0.4) is 0 Å². The Labute approximate surface area is 180 Å². The van der Waals surface area contributed by atoms with E-state index in [0.717, 1.165) is 11.8 Å². The fraction of sp³-hybridized carbons (Fsp3) is 0.409. The van der Waals surface area contributed by atoms with Gasteiger partial charge in [-0.3, -0.25) is 4.90 Å². The maximum absolute atomic E-state index is 14.5. The van der Waals surface area contributed by atoms with E-state index in [1.165, 1.54) is 18.2 Å². The van der Waals surface area contributed by atoms with Gasteiger partial charge in [0, 0.05) is 31.2 Å². The lowest BCUT2D eigenvalue weighted by Gasteiger charge is -2.28. The number of nitrogens with zero attached hydrogens (tertiary/aromatic N) is 2. The van der Waals surface area contributed by atoms with E-state index in [4.69, 9.17) is 0 Å². The third-order valence-corrected chi connectivity index (χ3v) is 6.60. The number of para-hydroxylation sites is 1. The number of hydrogen-bond acceptors (Lipinski definition) is 3. The highest BCUT2D eigenvalue weighted by Gasteiger charge is 2.33. The van der Waals surface area contributed by atoms with Gasteiger partial charge in [-0.05, 0) is 43.4 Å². The van der Waals surface area contributed by atoms with Crippen LogP contribution in [0, 0.1) is 11.6 Å². The van der Waals surface area contributed by atoms with Gasteiger partial charge >= 0.3 is 6.03 Å². The molecule has 2 aromatic carbocycles. The topological polar surface area (TPSA) is 69.7 Å². The zero-order chi connectivity index (χ0) is 22.2. The number of anilines is 1. The van der Waals surface area contributed by atoms with E-state index in [0.29, 0.717) is 56.6 Å². The van der Waals surface area contributed by atoms with Gasteiger partial charge in [0.05, 0.1) is 17.5 Å². The van der Waals surface area contributed by atoms with E-state index in [-0.39, 0.29) is 17.6 Å². The van der Waals surface area contributed by atoms with Crippen LogP contribution in [0.1, 0.15) is 24.8 Å². The number of carbonyl (C=O) groups excluding carboxylic acids is 1. The van der Waals surface area contributed by atoms with Crippen LogP contribution in [-0.4, -0.2) is 51.3 Å². The van der Waals surface area contributed by atoms with Crippen molar-refractivity contribution >= 4 is 21.7 Å². The zero-order valence-corrected chi connectivity index (χ0v) is 18.1. The molecule has 0 aromatic heterocycles. The SMILES string of the molecule is CS(=O)(=O)N[C@H]1CCCN(C(=O)N2CCc3cccc(-c4c(F)cccc4F)c32)CC1. The molecule has 2 aliphatic heterocycles. The van der Waals surface area contributed by atoms with E-state index >= 15 is 0 Å². The van der Waals surface area contributed by atoms with Gasteiger partial charge in [-0.1, -0.05) is 24.3 Å². The van der Waals surface area contributed by atoms with Crippen LogP contribution in [0.25, 0.3) is 11.1 Å². The summed E-state index contributed by atoms with van der Waals surface area (Å²) in [6.07, 6.45) is 3.58. The summed E-state index contributed by atoms with van der Waals surface area (Å²) in [4.78, 5) is 16.7. The van der Waals surface area contributed by atoms with Gasteiger partial charge in [0.15, 0.2) is 0 Å². The van der Waals surface area contributed by atoms with Crippen LogP contribution in [0.15, 0.2) is 36.4 Å². The Bertz CT molecular complexity index is 1090. The van der Waals surface area contributed by atoms with Gasteiger partial charge in [0.2, 0.25) is 10.0 Å². The second-order valence-electron chi connectivity index (χ2n) is 8.10. The van der Waals surface area contributed by atoms with Crippen molar-refractivity contribution in [1.29, 1.82) is 0 Å². The van der Waals surface area contributed by atoms with Crippen molar-refractivity contribution in [3.05, 3.63) is 53.6 Å². The lowest BCUT2D eigenvalue weighted by Crippen LogP contribution is -2.43. The molecule has 2 amide bonds. The second kappa shape index (κ2) is 8.55. The summed E-state index contributed by atoms with van der Waals surface area (Å²) in [7, 11) is -3.31. The number of carbonyl (C=O) groups is 1. The van der Waals surface area contributed by atoms with Crippen molar-refractivity contribution in [2.45, 2.75) is 31.7 Å². The van der Waals surface area contributed by atoms with Crippen molar-refractivity contribution in [3.63, 3.8) is 0 Å². The largest absolute Gasteiger partial charge is 0.324 e. The molecule has 1 fully saturated rings. The summed E-state index contributed by atoms with van der Waals surface area (Å²) in [6, 6.07) is 8.58.